The lowest BCUT2D eigenvalue weighted by Crippen LogP contribution is -2.33. The number of hydrogen-bond donors (Lipinski definition) is 1. The van der Waals surface area contributed by atoms with Crippen LogP contribution in [0.2, 0.25) is 0 Å². The summed E-state index contributed by atoms with van der Waals surface area (Å²) < 4.78 is 1.36. The third kappa shape index (κ3) is 4.57. The van der Waals surface area contributed by atoms with Crippen LogP contribution in [0.15, 0.2) is 72.9 Å². The second-order valence-electron chi connectivity index (χ2n) is 5.92. The van der Waals surface area contributed by atoms with Gasteiger partial charge in [-0.25, -0.2) is 4.79 Å². The van der Waals surface area contributed by atoms with Crippen molar-refractivity contribution in [3.05, 3.63) is 89.7 Å². The van der Waals surface area contributed by atoms with Crippen LogP contribution in [-0.4, -0.2) is 31.7 Å². The molecule has 26 heavy (non-hydrogen) atoms. The van der Waals surface area contributed by atoms with Gasteiger partial charge in [-0.05, 0) is 17.2 Å². The Hall–Kier alpha value is -3.41. The summed E-state index contributed by atoms with van der Waals surface area (Å²) in [4.78, 5) is 25.5. The van der Waals surface area contributed by atoms with Crippen molar-refractivity contribution in [1.82, 2.24) is 14.7 Å². The maximum absolute atomic E-state index is 12.8. The molecule has 0 aliphatic rings. The number of aromatic nitrogens is 2. The monoisotopic (exact) mass is 349 g/mol. The zero-order chi connectivity index (χ0) is 18.4. The van der Waals surface area contributed by atoms with Gasteiger partial charge in [0.25, 0.3) is 0 Å². The summed E-state index contributed by atoms with van der Waals surface area (Å²) in [6.45, 7) is 0.941. The quantitative estimate of drug-likeness (QED) is 0.712. The highest BCUT2D eigenvalue weighted by atomic mass is 16.4. The molecule has 0 saturated heterocycles. The average Bonchev–Trinajstić information content (AvgIpc) is 3.12. The van der Waals surface area contributed by atoms with Gasteiger partial charge in [-0.1, -0.05) is 60.7 Å². The van der Waals surface area contributed by atoms with E-state index < -0.39 is 5.97 Å². The molecule has 6 heteroatoms. The lowest BCUT2D eigenvalue weighted by atomic mass is 10.1. The molecule has 0 atom stereocenters. The van der Waals surface area contributed by atoms with Gasteiger partial charge in [-0.15, -0.1) is 0 Å². The van der Waals surface area contributed by atoms with E-state index in [-0.39, 0.29) is 18.1 Å². The van der Waals surface area contributed by atoms with Crippen molar-refractivity contribution in [3.8, 4) is 0 Å². The zero-order valence-corrected chi connectivity index (χ0v) is 14.2. The highest BCUT2D eigenvalue weighted by Crippen LogP contribution is 2.11. The van der Waals surface area contributed by atoms with Crippen LogP contribution in [0.4, 0.5) is 0 Å². The van der Waals surface area contributed by atoms with Gasteiger partial charge < -0.3 is 10.0 Å². The lowest BCUT2D eigenvalue weighted by Gasteiger charge is -2.23. The molecule has 0 aliphatic carbocycles. The van der Waals surface area contributed by atoms with Crippen LogP contribution in [0, 0.1) is 0 Å². The molecule has 0 aliphatic heterocycles. The molecule has 1 amide bonds. The Morgan fingerprint density at radius 3 is 1.88 bits per heavy atom. The standard InChI is InChI=1S/C20H19N3O3/c24-19(15-23-12-11-18(21-23)20(25)26)22(13-16-7-3-1-4-8-16)14-17-9-5-2-6-10-17/h1-12H,13-15H2,(H,25,26). The number of carboxylic acids is 1. The van der Waals surface area contributed by atoms with Crippen molar-refractivity contribution >= 4 is 11.9 Å². The number of benzene rings is 2. The van der Waals surface area contributed by atoms with Gasteiger partial charge in [0.05, 0.1) is 0 Å². The predicted octanol–water partition coefficient (Wildman–Crippen LogP) is 2.81. The zero-order valence-electron chi connectivity index (χ0n) is 14.2. The fourth-order valence-electron chi connectivity index (χ4n) is 2.64. The molecule has 1 N–H and O–H groups in total. The first-order chi connectivity index (χ1) is 12.6. The van der Waals surface area contributed by atoms with Gasteiger partial charge in [0.15, 0.2) is 5.69 Å². The number of hydrogen-bond acceptors (Lipinski definition) is 3. The Balaban J connectivity index is 1.76. The lowest BCUT2D eigenvalue weighted by molar-refractivity contribution is -0.133. The Bertz CT molecular complexity index is 834. The minimum absolute atomic E-state index is 0.00700. The van der Waals surface area contributed by atoms with E-state index in [4.69, 9.17) is 5.11 Å². The van der Waals surface area contributed by atoms with Crippen molar-refractivity contribution in [2.24, 2.45) is 0 Å². The van der Waals surface area contributed by atoms with Gasteiger partial charge in [0.2, 0.25) is 5.91 Å². The fourth-order valence-corrected chi connectivity index (χ4v) is 2.64. The summed E-state index contributed by atoms with van der Waals surface area (Å²) in [6.07, 6.45) is 1.50. The summed E-state index contributed by atoms with van der Waals surface area (Å²) in [5, 5.41) is 12.9. The summed E-state index contributed by atoms with van der Waals surface area (Å²) >= 11 is 0. The molecule has 3 rings (SSSR count). The molecule has 132 valence electrons. The Kier molecular flexibility index (Phi) is 5.43. The van der Waals surface area contributed by atoms with E-state index in [9.17, 15) is 9.59 Å². The summed E-state index contributed by atoms with van der Waals surface area (Å²) in [5.74, 6) is -1.24. The second kappa shape index (κ2) is 8.11. The number of amides is 1. The van der Waals surface area contributed by atoms with Gasteiger partial charge in [0.1, 0.15) is 6.54 Å². The van der Waals surface area contributed by atoms with Gasteiger partial charge in [-0.3, -0.25) is 9.48 Å². The average molecular weight is 349 g/mol. The predicted molar refractivity (Wildman–Crippen MR) is 96.3 cm³/mol. The molecule has 6 nitrogen and oxygen atoms in total. The highest BCUT2D eigenvalue weighted by Gasteiger charge is 2.16. The molecule has 1 aromatic heterocycles. The number of nitrogens with zero attached hydrogens (tertiary/aromatic N) is 3. The van der Waals surface area contributed by atoms with Crippen LogP contribution in [0.5, 0.6) is 0 Å². The van der Waals surface area contributed by atoms with E-state index in [1.54, 1.807) is 4.90 Å². The molecular weight excluding hydrogens is 330 g/mol. The molecule has 0 saturated carbocycles. The van der Waals surface area contributed by atoms with Crippen molar-refractivity contribution in [2.75, 3.05) is 0 Å². The van der Waals surface area contributed by atoms with Crippen LogP contribution in [0.25, 0.3) is 0 Å². The molecule has 0 fully saturated rings. The molecule has 1 heterocycles. The van der Waals surface area contributed by atoms with E-state index in [0.717, 1.165) is 11.1 Å². The largest absolute Gasteiger partial charge is 0.476 e. The van der Waals surface area contributed by atoms with Crippen LogP contribution in [-0.2, 0) is 24.4 Å². The number of carboxylic acid groups (broad SMARTS) is 1. The third-order valence-corrected chi connectivity index (χ3v) is 3.94. The summed E-state index contributed by atoms with van der Waals surface area (Å²) in [6, 6.07) is 20.9. The van der Waals surface area contributed by atoms with Crippen molar-refractivity contribution in [2.45, 2.75) is 19.6 Å². The van der Waals surface area contributed by atoms with E-state index in [0.29, 0.717) is 13.1 Å². The smallest absolute Gasteiger partial charge is 0.356 e. The first kappa shape index (κ1) is 17.4. The minimum atomic E-state index is -1.11. The van der Waals surface area contributed by atoms with Gasteiger partial charge in [-0.2, -0.15) is 5.10 Å². The molecule has 3 aromatic rings. The number of carbonyl (C=O) groups excluding carboxylic acids is 1. The summed E-state index contributed by atoms with van der Waals surface area (Å²) in [7, 11) is 0. The van der Waals surface area contributed by atoms with E-state index in [2.05, 4.69) is 5.10 Å². The molecule has 0 bridgehead atoms. The Morgan fingerprint density at radius 2 is 1.42 bits per heavy atom. The fraction of sp³-hybridized carbons (Fsp3) is 0.150. The maximum atomic E-state index is 12.8. The number of aromatic carboxylic acids is 1. The van der Waals surface area contributed by atoms with Gasteiger partial charge in [0, 0.05) is 19.3 Å². The number of rotatable bonds is 7. The number of carbonyl (C=O) groups is 2. The van der Waals surface area contributed by atoms with Crippen LogP contribution in [0.1, 0.15) is 21.6 Å². The van der Waals surface area contributed by atoms with E-state index in [1.807, 2.05) is 60.7 Å². The molecule has 0 spiro atoms. The van der Waals surface area contributed by atoms with E-state index >= 15 is 0 Å². The molecule has 0 unspecified atom stereocenters. The van der Waals surface area contributed by atoms with Crippen molar-refractivity contribution in [1.29, 1.82) is 0 Å². The Morgan fingerprint density at radius 1 is 0.885 bits per heavy atom. The van der Waals surface area contributed by atoms with Gasteiger partial charge >= 0.3 is 5.97 Å². The second-order valence-corrected chi connectivity index (χ2v) is 5.92. The van der Waals surface area contributed by atoms with Crippen LogP contribution in [0.3, 0.4) is 0 Å². The summed E-state index contributed by atoms with van der Waals surface area (Å²) in [5.41, 5.74) is 1.99. The first-order valence-corrected chi connectivity index (χ1v) is 8.24. The third-order valence-electron chi connectivity index (χ3n) is 3.94. The SMILES string of the molecule is O=C(O)c1ccn(CC(=O)N(Cc2ccccc2)Cc2ccccc2)n1. The van der Waals surface area contributed by atoms with Crippen LogP contribution >= 0.6 is 0 Å². The Labute approximate surface area is 151 Å². The molecule has 2 aromatic carbocycles. The normalized spacial score (nSPS) is 10.5. The maximum Gasteiger partial charge on any atom is 0.356 e. The van der Waals surface area contributed by atoms with Crippen molar-refractivity contribution in [3.63, 3.8) is 0 Å². The van der Waals surface area contributed by atoms with Crippen LogP contribution < -0.4 is 0 Å². The highest BCUT2D eigenvalue weighted by molar-refractivity contribution is 5.85. The molecular formula is C20H19N3O3. The minimum Gasteiger partial charge on any atom is -0.476 e. The molecule has 0 radical (unpaired) electrons. The topological polar surface area (TPSA) is 75.4 Å². The van der Waals surface area contributed by atoms with E-state index in [1.165, 1.54) is 16.9 Å². The first-order valence-electron chi connectivity index (χ1n) is 8.24. The van der Waals surface area contributed by atoms with Crippen molar-refractivity contribution < 1.29 is 14.7 Å².